The van der Waals surface area contributed by atoms with E-state index in [1.165, 1.54) is 24.5 Å². The van der Waals surface area contributed by atoms with E-state index in [1.807, 2.05) is 20.8 Å². The highest BCUT2D eigenvalue weighted by Crippen LogP contribution is 2.23. The number of rotatable bonds is 5. The normalized spacial score (nSPS) is 14.9. The second kappa shape index (κ2) is 9.28. The smallest absolute Gasteiger partial charge is 0.410 e. The minimum Gasteiger partial charge on any atom is -0.463 e. The SMILES string of the molecule is CC(C)(C)OC(=O)N1CCC(COc2ncc(-c3ccc(C(N)=O)c(F)c3)cn2)CC1. The number of nitrogens with zero attached hydrogens (tertiary/aromatic N) is 3. The number of likely N-dealkylation sites (tertiary alicyclic amines) is 1. The number of carbonyl (C=O) groups is 2. The predicted molar refractivity (Wildman–Crippen MR) is 112 cm³/mol. The fourth-order valence-electron chi connectivity index (χ4n) is 3.24. The van der Waals surface area contributed by atoms with Crippen LogP contribution in [0.15, 0.2) is 30.6 Å². The van der Waals surface area contributed by atoms with Crippen molar-refractivity contribution >= 4 is 12.0 Å². The zero-order chi connectivity index (χ0) is 22.6. The first-order valence-corrected chi connectivity index (χ1v) is 10.1. The summed E-state index contributed by atoms with van der Waals surface area (Å²) in [7, 11) is 0. The van der Waals surface area contributed by atoms with E-state index in [-0.39, 0.29) is 23.6 Å². The lowest BCUT2D eigenvalue weighted by Crippen LogP contribution is -2.42. The molecule has 0 bridgehead atoms. The minimum atomic E-state index is -0.819. The van der Waals surface area contributed by atoms with Crippen LogP contribution in [0.5, 0.6) is 6.01 Å². The molecule has 1 aromatic carbocycles. The summed E-state index contributed by atoms with van der Waals surface area (Å²) in [6.45, 7) is 7.24. The second-order valence-corrected chi connectivity index (χ2v) is 8.53. The van der Waals surface area contributed by atoms with Gasteiger partial charge in [0.25, 0.3) is 5.91 Å². The number of halogens is 1. The van der Waals surface area contributed by atoms with Crippen molar-refractivity contribution in [1.29, 1.82) is 0 Å². The summed E-state index contributed by atoms with van der Waals surface area (Å²) < 4.78 is 25.1. The molecule has 3 rings (SSSR count). The molecule has 166 valence electrons. The van der Waals surface area contributed by atoms with Crippen molar-refractivity contribution in [2.45, 2.75) is 39.2 Å². The van der Waals surface area contributed by atoms with Crippen LogP contribution < -0.4 is 10.5 Å². The molecule has 0 saturated carbocycles. The Balaban J connectivity index is 1.50. The lowest BCUT2D eigenvalue weighted by atomic mass is 9.98. The molecule has 0 radical (unpaired) electrons. The highest BCUT2D eigenvalue weighted by atomic mass is 19.1. The van der Waals surface area contributed by atoms with Gasteiger partial charge in [0.1, 0.15) is 11.4 Å². The molecule has 0 unspecified atom stereocenters. The number of benzene rings is 1. The number of carbonyl (C=O) groups excluding carboxylic acids is 2. The maximum Gasteiger partial charge on any atom is 0.410 e. The van der Waals surface area contributed by atoms with Crippen LogP contribution in [0.25, 0.3) is 11.1 Å². The maximum absolute atomic E-state index is 14.0. The van der Waals surface area contributed by atoms with Crippen molar-refractivity contribution < 1.29 is 23.5 Å². The van der Waals surface area contributed by atoms with Gasteiger partial charge >= 0.3 is 12.1 Å². The fourth-order valence-corrected chi connectivity index (χ4v) is 3.24. The molecule has 0 spiro atoms. The Hall–Kier alpha value is -3.23. The Morgan fingerprint density at radius 2 is 1.81 bits per heavy atom. The predicted octanol–water partition coefficient (Wildman–Crippen LogP) is 3.41. The van der Waals surface area contributed by atoms with Crippen molar-refractivity contribution in [3.63, 3.8) is 0 Å². The monoisotopic (exact) mass is 430 g/mol. The molecule has 1 aromatic heterocycles. The zero-order valence-corrected chi connectivity index (χ0v) is 17.9. The number of nitrogens with two attached hydrogens (primary N) is 1. The molecule has 2 heterocycles. The average molecular weight is 430 g/mol. The molecule has 2 amide bonds. The van der Waals surface area contributed by atoms with Crippen LogP contribution in [-0.4, -0.2) is 52.2 Å². The van der Waals surface area contributed by atoms with Gasteiger partial charge in [-0.15, -0.1) is 0 Å². The summed E-state index contributed by atoms with van der Waals surface area (Å²) in [5.41, 5.74) is 5.57. The van der Waals surface area contributed by atoms with E-state index in [4.69, 9.17) is 15.2 Å². The lowest BCUT2D eigenvalue weighted by molar-refractivity contribution is 0.0163. The molecule has 31 heavy (non-hydrogen) atoms. The third kappa shape index (κ3) is 6.13. The summed E-state index contributed by atoms with van der Waals surface area (Å²) in [5, 5.41) is 0. The van der Waals surface area contributed by atoms with Crippen molar-refractivity contribution in [2.75, 3.05) is 19.7 Å². The van der Waals surface area contributed by atoms with Crippen LogP contribution in [0.2, 0.25) is 0 Å². The van der Waals surface area contributed by atoms with E-state index in [2.05, 4.69) is 9.97 Å². The van der Waals surface area contributed by atoms with Gasteiger partial charge in [0, 0.05) is 31.0 Å². The standard InChI is InChI=1S/C22H27FN4O4/c1-22(2,3)31-21(29)27-8-6-14(7-9-27)13-30-20-25-11-16(12-26-20)15-4-5-17(19(24)28)18(23)10-15/h4-5,10-12,14H,6-9,13H2,1-3H3,(H2,24,28). The Labute approximate surface area is 180 Å². The van der Waals surface area contributed by atoms with E-state index in [1.54, 1.807) is 11.0 Å². The van der Waals surface area contributed by atoms with Gasteiger partial charge in [-0.25, -0.2) is 19.2 Å². The second-order valence-electron chi connectivity index (χ2n) is 8.53. The molecule has 1 saturated heterocycles. The number of piperidine rings is 1. The summed E-state index contributed by atoms with van der Waals surface area (Å²) in [5.74, 6) is -1.22. The number of aromatic nitrogens is 2. The number of hydrogen-bond donors (Lipinski definition) is 1. The molecule has 1 aliphatic heterocycles. The topological polar surface area (TPSA) is 108 Å². The van der Waals surface area contributed by atoms with Crippen molar-refractivity contribution in [3.8, 4) is 17.1 Å². The van der Waals surface area contributed by atoms with Crippen LogP contribution in [0.4, 0.5) is 9.18 Å². The third-order valence-electron chi connectivity index (χ3n) is 4.91. The van der Waals surface area contributed by atoms with Crippen molar-refractivity contribution in [1.82, 2.24) is 14.9 Å². The summed E-state index contributed by atoms with van der Waals surface area (Å²) >= 11 is 0. The average Bonchev–Trinajstić information content (AvgIpc) is 2.71. The van der Waals surface area contributed by atoms with E-state index < -0.39 is 17.3 Å². The van der Waals surface area contributed by atoms with E-state index in [0.29, 0.717) is 30.8 Å². The largest absolute Gasteiger partial charge is 0.463 e. The molecule has 8 nitrogen and oxygen atoms in total. The fraction of sp³-hybridized carbons (Fsp3) is 0.455. The van der Waals surface area contributed by atoms with Gasteiger partial charge in [-0.1, -0.05) is 6.07 Å². The van der Waals surface area contributed by atoms with Gasteiger partial charge in [-0.3, -0.25) is 4.79 Å². The van der Waals surface area contributed by atoms with Crippen molar-refractivity contribution in [2.24, 2.45) is 11.7 Å². The highest BCUT2D eigenvalue weighted by Gasteiger charge is 2.27. The van der Waals surface area contributed by atoms with Gasteiger partial charge in [-0.2, -0.15) is 0 Å². The molecular formula is C22H27FN4O4. The number of ether oxygens (including phenoxy) is 2. The number of primary amides is 1. The molecule has 2 N–H and O–H groups in total. The van der Waals surface area contributed by atoms with Gasteiger partial charge in [-0.05, 0) is 57.2 Å². The minimum absolute atomic E-state index is 0.165. The Morgan fingerprint density at radius 3 is 2.35 bits per heavy atom. The quantitative estimate of drug-likeness (QED) is 0.779. The maximum atomic E-state index is 14.0. The molecule has 9 heteroatoms. The Kier molecular flexibility index (Phi) is 6.72. The molecule has 1 fully saturated rings. The molecule has 1 aliphatic rings. The van der Waals surface area contributed by atoms with E-state index >= 15 is 0 Å². The number of amides is 2. The zero-order valence-electron chi connectivity index (χ0n) is 17.9. The first kappa shape index (κ1) is 22.5. The van der Waals surface area contributed by atoms with Crippen LogP contribution >= 0.6 is 0 Å². The van der Waals surface area contributed by atoms with Crippen LogP contribution in [0.1, 0.15) is 44.0 Å². The van der Waals surface area contributed by atoms with Crippen molar-refractivity contribution in [3.05, 3.63) is 42.0 Å². The van der Waals surface area contributed by atoms with Gasteiger partial charge in [0.15, 0.2) is 0 Å². The van der Waals surface area contributed by atoms with Crippen LogP contribution in [-0.2, 0) is 4.74 Å². The number of hydrogen-bond acceptors (Lipinski definition) is 6. The lowest BCUT2D eigenvalue weighted by Gasteiger charge is -2.33. The molecule has 2 aromatic rings. The van der Waals surface area contributed by atoms with E-state index in [9.17, 15) is 14.0 Å². The van der Waals surface area contributed by atoms with Gasteiger partial charge in [0.2, 0.25) is 0 Å². The van der Waals surface area contributed by atoms with Gasteiger partial charge < -0.3 is 20.1 Å². The third-order valence-corrected chi connectivity index (χ3v) is 4.91. The highest BCUT2D eigenvalue weighted by molar-refractivity contribution is 5.93. The van der Waals surface area contributed by atoms with Gasteiger partial charge in [0.05, 0.1) is 12.2 Å². The van der Waals surface area contributed by atoms with E-state index in [0.717, 1.165) is 12.8 Å². The Bertz CT molecular complexity index is 936. The summed E-state index contributed by atoms with van der Waals surface area (Å²) in [4.78, 5) is 33.3. The summed E-state index contributed by atoms with van der Waals surface area (Å²) in [6, 6.07) is 4.37. The first-order valence-electron chi connectivity index (χ1n) is 10.1. The first-order chi connectivity index (χ1) is 14.6. The Morgan fingerprint density at radius 1 is 1.16 bits per heavy atom. The molecule has 0 atom stereocenters. The van der Waals surface area contributed by atoms with Crippen LogP contribution in [0.3, 0.4) is 0 Å². The van der Waals surface area contributed by atoms with Crippen LogP contribution in [0, 0.1) is 11.7 Å². The molecular weight excluding hydrogens is 403 g/mol. The molecule has 0 aliphatic carbocycles. The summed E-state index contributed by atoms with van der Waals surface area (Å²) in [6.07, 6.45) is 4.40.